The van der Waals surface area contributed by atoms with E-state index in [9.17, 15) is 18.3 Å². The van der Waals surface area contributed by atoms with Gasteiger partial charge in [-0.25, -0.2) is 8.42 Å². The molecule has 4 bridgehead atoms. The minimum absolute atomic E-state index is 0.122. The van der Waals surface area contributed by atoms with E-state index in [0.29, 0.717) is 49.2 Å². The summed E-state index contributed by atoms with van der Waals surface area (Å²) in [6.45, 7) is 8.14. The van der Waals surface area contributed by atoms with Gasteiger partial charge in [-0.3, -0.25) is 4.79 Å². The summed E-state index contributed by atoms with van der Waals surface area (Å²) in [7, 11) is -3.66. The fourth-order valence-corrected chi connectivity index (χ4v) is 8.47. The summed E-state index contributed by atoms with van der Waals surface area (Å²) >= 11 is 0. The highest BCUT2D eigenvalue weighted by molar-refractivity contribution is 7.89. The number of aliphatic hydroxyl groups is 1. The van der Waals surface area contributed by atoms with Crippen molar-refractivity contribution < 1.29 is 23.1 Å². The molecule has 5 rings (SSSR count). The Hall–Kier alpha value is -1.64. The second kappa shape index (κ2) is 8.86. The van der Waals surface area contributed by atoms with Crippen LogP contribution in [0, 0.1) is 17.3 Å². The fraction of sp³-hybridized carbons (Fsp3) is 0.720. The van der Waals surface area contributed by atoms with Gasteiger partial charge in [-0.05, 0) is 87.8 Å². The Bertz CT molecular complexity index is 988. The summed E-state index contributed by atoms with van der Waals surface area (Å²) in [6.07, 6.45) is 5.79. The third kappa shape index (κ3) is 4.93. The molecule has 1 amide bonds. The maximum absolute atomic E-state index is 13.2. The molecule has 7 nitrogen and oxygen atoms in total. The molecular weight excluding hydrogens is 440 g/mol. The molecule has 0 aliphatic heterocycles. The van der Waals surface area contributed by atoms with Crippen LogP contribution in [0.1, 0.15) is 72.6 Å². The maximum Gasteiger partial charge on any atom is 0.243 e. The molecular formula is C25H38N2O5S. The molecule has 0 radical (unpaired) electrons. The van der Waals surface area contributed by atoms with Crippen LogP contribution in [-0.2, 0) is 14.8 Å². The molecule has 4 fully saturated rings. The molecule has 0 spiro atoms. The number of anilines is 1. The number of benzene rings is 1. The molecule has 4 saturated carbocycles. The van der Waals surface area contributed by atoms with Gasteiger partial charge in [-0.2, -0.15) is 4.31 Å². The highest BCUT2D eigenvalue weighted by atomic mass is 32.2. The Morgan fingerprint density at radius 3 is 2.36 bits per heavy atom. The van der Waals surface area contributed by atoms with Crippen LogP contribution >= 0.6 is 0 Å². The molecule has 2 atom stereocenters. The molecule has 2 unspecified atom stereocenters. The lowest BCUT2D eigenvalue weighted by Crippen LogP contribution is -2.56. The van der Waals surface area contributed by atoms with Crippen molar-refractivity contribution in [2.24, 2.45) is 17.3 Å². The number of carbonyl (C=O) groups is 1. The Morgan fingerprint density at radius 2 is 1.82 bits per heavy atom. The van der Waals surface area contributed by atoms with Crippen LogP contribution < -0.4 is 10.1 Å². The van der Waals surface area contributed by atoms with Crippen LogP contribution in [-0.4, -0.2) is 48.5 Å². The van der Waals surface area contributed by atoms with Crippen molar-refractivity contribution in [3.05, 3.63) is 18.2 Å². The molecule has 33 heavy (non-hydrogen) atoms. The monoisotopic (exact) mass is 478 g/mol. The Labute approximate surface area is 197 Å². The Balaban J connectivity index is 1.57. The van der Waals surface area contributed by atoms with Crippen LogP contribution in [0.4, 0.5) is 5.69 Å². The number of nitrogens with zero attached hydrogens (tertiary/aromatic N) is 1. The Kier molecular flexibility index (Phi) is 6.57. The van der Waals surface area contributed by atoms with Gasteiger partial charge in [0.2, 0.25) is 15.9 Å². The highest BCUT2D eigenvalue weighted by Crippen LogP contribution is 2.62. The van der Waals surface area contributed by atoms with Gasteiger partial charge >= 0.3 is 0 Å². The first kappa shape index (κ1) is 24.5. The zero-order chi connectivity index (χ0) is 24.0. The van der Waals surface area contributed by atoms with E-state index < -0.39 is 15.6 Å². The first-order valence-corrected chi connectivity index (χ1v) is 13.7. The van der Waals surface area contributed by atoms with Crippen LogP contribution in [0.15, 0.2) is 23.1 Å². The number of ether oxygens (including phenoxy) is 1. The van der Waals surface area contributed by atoms with Crippen molar-refractivity contribution in [3.8, 4) is 5.75 Å². The molecule has 0 saturated heterocycles. The summed E-state index contributed by atoms with van der Waals surface area (Å²) in [5.74, 6) is 1.32. The van der Waals surface area contributed by atoms with Crippen molar-refractivity contribution >= 4 is 21.6 Å². The van der Waals surface area contributed by atoms with E-state index in [0.717, 1.165) is 25.7 Å². The second-order valence-electron chi connectivity index (χ2n) is 10.8. The van der Waals surface area contributed by atoms with Gasteiger partial charge in [0.25, 0.3) is 0 Å². The van der Waals surface area contributed by atoms with E-state index >= 15 is 0 Å². The summed E-state index contributed by atoms with van der Waals surface area (Å²) in [5, 5.41) is 14.0. The molecule has 8 heteroatoms. The molecule has 2 N–H and O–H groups in total. The van der Waals surface area contributed by atoms with Crippen molar-refractivity contribution in [1.82, 2.24) is 4.31 Å². The number of sulfonamides is 1. The molecule has 0 heterocycles. The third-order valence-corrected chi connectivity index (χ3v) is 9.66. The smallest absolute Gasteiger partial charge is 0.243 e. The minimum atomic E-state index is -3.66. The van der Waals surface area contributed by atoms with E-state index in [1.54, 1.807) is 19.9 Å². The lowest BCUT2D eigenvalue weighted by atomic mass is 9.47. The molecule has 4 aliphatic rings. The van der Waals surface area contributed by atoms with E-state index in [-0.39, 0.29) is 22.3 Å². The normalized spacial score (nSPS) is 30.8. The number of nitrogens with one attached hydrogen (secondary N) is 1. The average Bonchev–Trinajstić information content (AvgIpc) is 2.67. The zero-order valence-electron chi connectivity index (χ0n) is 20.3. The van der Waals surface area contributed by atoms with E-state index in [1.165, 1.54) is 22.9 Å². The number of carbonyl (C=O) groups excluding carboxylic acids is 1. The maximum atomic E-state index is 13.2. The predicted octanol–water partition coefficient (Wildman–Crippen LogP) is 4.16. The lowest BCUT2D eigenvalue weighted by molar-refractivity contribution is -0.167. The summed E-state index contributed by atoms with van der Waals surface area (Å²) < 4.78 is 33.4. The van der Waals surface area contributed by atoms with E-state index in [2.05, 4.69) is 5.32 Å². The van der Waals surface area contributed by atoms with Crippen LogP contribution in [0.5, 0.6) is 5.75 Å². The van der Waals surface area contributed by atoms with Crippen LogP contribution in [0.25, 0.3) is 0 Å². The fourth-order valence-electron chi connectivity index (χ4n) is 6.98. The third-order valence-electron chi connectivity index (χ3n) is 7.62. The standard InChI is InChI=1S/C25H38N2O5S/c1-5-27(6-2)33(30,31)20-7-8-22(32-17(3)4)21(10-20)26-23(28)15-24-11-18-9-19(12-24)14-25(29,13-18)16-24/h7-8,10,17-19,29H,5-6,9,11-16H2,1-4H3,(H,26,28). The molecule has 184 valence electrons. The number of hydrogen-bond acceptors (Lipinski definition) is 5. The van der Waals surface area contributed by atoms with Gasteiger partial charge in [0, 0.05) is 19.5 Å². The van der Waals surface area contributed by atoms with Crippen molar-refractivity contribution in [2.75, 3.05) is 18.4 Å². The molecule has 1 aromatic carbocycles. The molecule has 0 aromatic heterocycles. The van der Waals surface area contributed by atoms with Crippen LogP contribution in [0.3, 0.4) is 0 Å². The topological polar surface area (TPSA) is 95.9 Å². The lowest BCUT2D eigenvalue weighted by Gasteiger charge is -2.60. The average molecular weight is 479 g/mol. The summed E-state index contributed by atoms with van der Waals surface area (Å²) in [6, 6.07) is 4.67. The molecule has 4 aliphatic carbocycles. The van der Waals surface area contributed by atoms with Crippen molar-refractivity contribution in [2.45, 2.75) is 89.2 Å². The zero-order valence-corrected chi connectivity index (χ0v) is 21.1. The first-order valence-electron chi connectivity index (χ1n) is 12.3. The Morgan fingerprint density at radius 1 is 1.18 bits per heavy atom. The van der Waals surface area contributed by atoms with Gasteiger partial charge in [0.05, 0.1) is 22.3 Å². The number of amides is 1. The second-order valence-corrected chi connectivity index (χ2v) is 12.8. The number of hydrogen-bond donors (Lipinski definition) is 2. The number of rotatable bonds is 9. The van der Waals surface area contributed by atoms with Crippen molar-refractivity contribution in [1.29, 1.82) is 0 Å². The van der Waals surface area contributed by atoms with Gasteiger partial charge in [-0.15, -0.1) is 0 Å². The largest absolute Gasteiger partial charge is 0.489 e. The summed E-state index contributed by atoms with van der Waals surface area (Å²) in [5.41, 5.74) is -0.397. The van der Waals surface area contributed by atoms with E-state index in [1.807, 2.05) is 13.8 Å². The highest BCUT2D eigenvalue weighted by Gasteiger charge is 2.57. The quantitative estimate of drug-likeness (QED) is 0.555. The van der Waals surface area contributed by atoms with Gasteiger partial charge < -0.3 is 15.2 Å². The van der Waals surface area contributed by atoms with Crippen molar-refractivity contribution in [3.63, 3.8) is 0 Å². The molecule has 1 aromatic rings. The minimum Gasteiger partial charge on any atom is -0.489 e. The van der Waals surface area contributed by atoms with E-state index in [4.69, 9.17) is 4.74 Å². The van der Waals surface area contributed by atoms with Gasteiger partial charge in [0.1, 0.15) is 5.75 Å². The first-order chi connectivity index (χ1) is 15.5. The SMILES string of the molecule is CCN(CC)S(=O)(=O)c1ccc(OC(C)C)c(NC(=O)CC23CC4CC(CC(O)(C4)C2)C3)c1. The van der Waals surface area contributed by atoms with Gasteiger partial charge in [0.15, 0.2) is 0 Å². The van der Waals surface area contributed by atoms with Gasteiger partial charge in [-0.1, -0.05) is 13.8 Å². The summed E-state index contributed by atoms with van der Waals surface area (Å²) in [4.78, 5) is 13.4. The predicted molar refractivity (Wildman–Crippen MR) is 128 cm³/mol. The van der Waals surface area contributed by atoms with Crippen LogP contribution in [0.2, 0.25) is 0 Å².